The van der Waals surface area contributed by atoms with Crippen LogP contribution in [0.5, 0.6) is 11.5 Å². The van der Waals surface area contributed by atoms with E-state index in [0.29, 0.717) is 67.6 Å². The third-order valence-electron chi connectivity index (χ3n) is 5.94. The number of anilines is 1. The molecule has 2 aromatic carbocycles. The number of nitrogens with one attached hydrogen (secondary N) is 1. The quantitative estimate of drug-likeness (QED) is 0.407. The van der Waals surface area contributed by atoms with Gasteiger partial charge in [-0.15, -0.1) is 23.4 Å². The van der Waals surface area contributed by atoms with Crippen LogP contribution in [0, 0.1) is 0 Å². The molecule has 10 nitrogen and oxygen atoms in total. The Morgan fingerprint density at radius 2 is 1.70 bits per heavy atom. The minimum absolute atomic E-state index is 0.128. The first kappa shape index (κ1) is 29.1. The van der Waals surface area contributed by atoms with Crippen molar-refractivity contribution >= 4 is 21.7 Å². The predicted molar refractivity (Wildman–Crippen MR) is 142 cm³/mol. The lowest BCUT2D eigenvalue weighted by Crippen LogP contribution is -2.46. The van der Waals surface area contributed by atoms with Gasteiger partial charge >= 0.3 is 6.36 Å². The first-order valence-electron chi connectivity index (χ1n) is 12.3. The standard InChI is InChI=1S/C26H28F3N5O5S/c1-3-38-21-6-4-5-19(15-21)20-13-18(14-22(16-20)39-26(27,28)29)17-33-9-11-34(12-10-33)24-8-7-23(30-31-24)25(35)32-40(2,36)37/h4-8,13-16H,3,9-12,17H2,1-2H3,(H,32,35). The molecule has 1 N–H and O–H groups in total. The number of ether oxygens (including phenoxy) is 2. The molecule has 0 unspecified atom stereocenters. The van der Waals surface area contributed by atoms with E-state index in [0.717, 1.165) is 6.26 Å². The minimum atomic E-state index is -4.82. The molecule has 1 aliphatic heterocycles. The zero-order valence-electron chi connectivity index (χ0n) is 21.8. The fourth-order valence-electron chi connectivity index (χ4n) is 4.27. The summed E-state index contributed by atoms with van der Waals surface area (Å²) < 4.78 is 73.3. The third kappa shape index (κ3) is 8.29. The smallest absolute Gasteiger partial charge is 0.494 e. The number of carbonyl (C=O) groups excluding carboxylic acids is 1. The van der Waals surface area contributed by atoms with E-state index in [1.54, 1.807) is 30.3 Å². The first-order valence-corrected chi connectivity index (χ1v) is 14.2. The second kappa shape index (κ2) is 12.1. The monoisotopic (exact) mass is 579 g/mol. The maximum atomic E-state index is 13.1. The van der Waals surface area contributed by atoms with Crippen LogP contribution in [0.2, 0.25) is 0 Å². The van der Waals surface area contributed by atoms with Crippen LogP contribution in [-0.4, -0.2) is 74.8 Å². The van der Waals surface area contributed by atoms with Gasteiger partial charge in [-0.05, 0) is 66.1 Å². The molecule has 2 heterocycles. The van der Waals surface area contributed by atoms with E-state index < -0.39 is 22.3 Å². The van der Waals surface area contributed by atoms with E-state index in [4.69, 9.17) is 4.74 Å². The largest absolute Gasteiger partial charge is 0.573 e. The molecule has 0 aliphatic carbocycles. The second-order valence-corrected chi connectivity index (χ2v) is 10.9. The molecule has 40 heavy (non-hydrogen) atoms. The van der Waals surface area contributed by atoms with Crippen LogP contribution in [0.15, 0.2) is 54.6 Å². The summed E-state index contributed by atoms with van der Waals surface area (Å²) >= 11 is 0. The lowest BCUT2D eigenvalue weighted by Gasteiger charge is -2.35. The number of rotatable bonds is 9. The van der Waals surface area contributed by atoms with Crippen LogP contribution in [0.1, 0.15) is 23.0 Å². The predicted octanol–water partition coefficient (Wildman–Crippen LogP) is 3.45. The highest BCUT2D eigenvalue weighted by atomic mass is 32.2. The third-order valence-corrected chi connectivity index (χ3v) is 6.50. The number of halogens is 3. The summed E-state index contributed by atoms with van der Waals surface area (Å²) in [6, 6.07) is 14.7. The van der Waals surface area contributed by atoms with Gasteiger partial charge in [0.15, 0.2) is 11.5 Å². The molecule has 0 atom stereocenters. The molecule has 0 radical (unpaired) electrons. The van der Waals surface area contributed by atoms with Crippen LogP contribution < -0.4 is 19.1 Å². The van der Waals surface area contributed by atoms with Crippen molar-refractivity contribution in [1.29, 1.82) is 0 Å². The van der Waals surface area contributed by atoms with Crippen molar-refractivity contribution in [3.63, 3.8) is 0 Å². The Balaban J connectivity index is 1.44. The molecule has 214 valence electrons. The average molecular weight is 580 g/mol. The number of benzene rings is 2. The van der Waals surface area contributed by atoms with Crippen molar-refractivity contribution < 1.29 is 35.9 Å². The Labute approximate surface area is 229 Å². The molecule has 0 saturated carbocycles. The summed E-state index contributed by atoms with van der Waals surface area (Å²) in [4.78, 5) is 16.0. The van der Waals surface area contributed by atoms with Gasteiger partial charge in [0.2, 0.25) is 10.0 Å². The van der Waals surface area contributed by atoms with Crippen LogP contribution in [0.25, 0.3) is 11.1 Å². The Bertz CT molecular complexity index is 1440. The first-order chi connectivity index (χ1) is 18.9. The van der Waals surface area contributed by atoms with Gasteiger partial charge < -0.3 is 14.4 Å². The molecule has 3 aromatic rings. The summed E-state index contributed by atoms with van der Waals surface area (Å²) in [7, 11) is -3.72. The molecule has 1 aliphatic rings. The van der Waals surface area contributed by atoms with Gasteiger partial charge in [0.05, 0.1) is 12.9 Å². The number of aromatic nitrogens is 2. The van der Waals surface area contributed by atoms with Crippen LogP contribution in [0.3, 0.4) is 0 Å². The SMILES string of the molecule is CCOc1cccc(-c2cc(CN3CCN(c4ccc(C(=O)NS(C)(=O)=O)nn4)CC3)cc(OC(F)(F)F)c2)c1. The molecule has 0 spiro atoms. The molecule has 1 amide bonds. The van der Waals surface area contributed by atoms with Crippen molar-refractivity contribution in [2.45, 2.75) is 19.8 Å². The van der Waals surface area contributed by atoms with Crippen LogP contribution in [-0.2, 0) is 16.6 Å². The molecule has 1 fully saturated rings. The van der Waals surface area contributed by atoms with E-state index in [1.807, 2.05) is 22.6 Å². The number of alkyl halides is 3. The lowest BCUT2D eigenvalue weighted by atomic mass is 10.0. The number of carbonyl (C=O) groups is 1. The number of sulfonamides is 1. The fourth-order valence-corrected chi connectivity index (χ4v) is 4.71. The molecular formula is C26H28F3N5O5S. The van der Waals surface area contributed by atoms with Gasteiger partial charge in [-0.25, -0.2) is 13.1 Å². The minimum Gasteiger partial charge on any atom is -0.494 e. The normalized spacial score (nSPS) is 14.6. The molecule has 1 saturated heterocycles. The number of nitrogens with zero attached hydrogens (tertiary/aromatic N) is 4. The fraction of sp³-hybridized carbons (Fsp3) is 0.346. The van der Waals surface area contributed by atoms with Gasteiger partial charge in [-0.3, -0.25) is 9.69 Å². The highest BCUT2D eigenvalue weighted by Gasteiger charge is 2.31. The van der Waals surface area contributed by atoms with Gasteiger partial charge in [-0.2, -0.15) is 0 Å². The van der Waals surface area contributed by atoms with Crippen molar-refractivity contribution in [2.75, 3.05) is 43.9 Å². The highest BCUT2D eigenvalue weighted by molar-refractivity contribution is 7.89. The number of hydrogen-bond donors (Lipinski definition) is 1. The van der Waals surface area contributed by atoms with Crippen molar-refractivity contribution in [1.82, 2.24) is 19.8 Å². The summed E-state index contributed by atoms with van der Waals surface area (Å²) in [6.07, 6.45) is -3.96. The zero-order chi connectivity index (χ0) is 28.9. The molecule has 1 aromatic heterocycles. The van der Waals surface area contributed by atoms with E-state index >= 15 is 0 Å². The Kier molecular flexibility index (Phi) is 8.79. The summed E-state index contributed by atoms with van der Waals surface area (Å²) in [5.41, 5.74) is 1.81. The van der Waals surface area contributed by atoms with E-state index in [2.05, 4.69) is 19.8 Å². The van der Waals surface area contributed by atoms with Crippen LogP contribution >= 0.6 is 0 Å². The molecule has 0 bridgehead atoms. The Morgan fingerprint density at radius 1 is 0.975 bits per heavy atom. The number of amides is 1. The van der Waals surface area contributed by atoms with Crippen molar-refractivity contribution in [3.05, 3.63) is 65.9 Å². The second-order valence-electron chi connectivity index (χ2n) is 9.12. The van der Waals surface area contributed by atoms with Crippen molar-refractivity contribution in [2.24, 2.45) is 0 Å². The zero-order valence-corrected chi connectivity index (χ0v) is 22.6. The van der Waals surface area contributed by atoms with Gasteiger partial charge in [-0.1, -0.05) is 12.1 Å². The van der Waals surface area contributed by atoms with Crippen molar-refractivity contribution in [3.8, 4) is 22.6 Å². The Morgan fingerprint density at radius 3 is 2.33 bits per heavy atom. The summed E-state index contributed by atoms with van der Waals surface area (Å²) in [5, 5.41) is 7.87. The topological polar surface area (TPSA) is 114 Å². The van der Waals surface area contributed by atoms with Crippen LogP contribution in [0.4, 0.5) is 19.0 Å². The lowest BCUT2D eigenvalue weighted by molar-refractivity contribution is -0.274. The maximum Gasteiger partial charge on any atom is 0.573 e. The number of hydrogen-bond acceptors (Lipinski definition) is 9. The maximum absolute atomic E-state index is 13.1. The molecular weight excluding hydrogens is 551 g/mol. The molecule has 14 heteroatoms. The Hall–Kier alpha value is -3.91. The average Bonchev–Trinajstić information content (AvgIpc) is 2.87. The summed E-state index contributed by atoms with van der Waals surface area (Å²) in [6.45, 7) is 5.03. The van der Waals surface area contributed by atoms with E-state index in [-0.39, 0.29) is 11.4 Å². The number of piperazine rings is 1. The summed E-state index contributed by atoms with van der Waals surface area (Å²) in [5.74, 6) is -0.0256. The van der Waals surface area contributed by atoms with Gasteiger partial charge in [0, 0.05) is 32.7 Å². The van der Waals surface area contributed by atoms with E-state index in [9.17, 15) is 26.4 Å². The highest BCUT2D eigenvalue weighted by Crippen LogP contribution is 2.32. The van der Waals surface area contributed by atoms with Gasteiger partial charge in [0.1, 0.15) is 11.5 Å². The van der Waals surface area contributed by atoms with E-state index in [1.165, 1.54) is 18.2 Å². The molecule has 4 rings (SSSR count). The van der Waals surface area contributed by atoms with Gasteiger partial charge in [0.25, 0.3) is 5.91 Å².